The first-order chi connectivity index (χ1) is 16.9. The molecule has 0 saturated carbocycles. The molecule has 4 nitrogen and oxygen atoms in total. The van der Waals surface area contributed by atoms with Crippen molar-refractivity contribution in [3.05, 3.63) is 134 Å². The molecule has 0 spiro atoms. The van der Waals surface area contributed by atoms with Crippen LogP contribution in [0.4, 0.5) is 22.7 Å². The number of anilines is 4. The number of hydrogen-bond donors (Lipinski definition) is 0. The first kappa shape index (κ1) is 22.9. The molecule has 3 heterocycles. The van der Waals surface area contributed by atoms with Crippen molar-refractivity contribution < 1.29 is 22.4 Å². The second-order valence-corrected chi connectivity index (χ2v) is 8.02. The summed E-state index contributed by atoms with van der Waals surface area (Å²) < 4.78 is 0. The average Bonchev–Trinajstić information content (AvgIpc) is 3.49. The predicted octanol–water partition coefficient (Wildman–Crippen LogP) is 7.44. The molecule has 0 amide bonds. The molecule has 0 atom stereocenters. The zero-order valence-electron chi connectivity index (χ0n) is 18.8. The minimum absolute atomic E-state index is 0. The van der Waals surface area contributed by atoms with Gasteiger partial charge in [0.05, 0.1) is 5.52 Å². The average molecular weight is 636 g/mol. The molecule has 0 N–H and O–H groups in total. The van der Waals surface area contributed by atoms with Gasteiger partial charge in [-0.25, -0.2) is 0 Å². The summed E-state index contributed by atoms with van der Waals surface area (Å²) in [6.07, 6.45) is 1.80. The number of fused-ring (bicyclic) bond motifs is 4. The van der Waals surface area contributed by atoms with Crippen LogP contribution in [0.3, 0.4) is 0 Å². The molecule has 2 aromatic heterocycles. The van der Waals surface area contributed by atoms with E-state index in [1.807, 2.05) is 42.5 Å². The Kier molecular flexibility index (Phi) is 6.68. The van der Waals surface area contributed by atoms with Crippen molar-refractivity contribution in [2.45, 2.75) is 0 Å². The number of para-hydroxylation sites is 5. The van der Waals surface area contributed by atoms with Crippen molar-refractivity contribution in [3.8, 4) is 0 Å². The molecule has 0 unspecified atom stereocenters. The van der Waals surface area contributed by atoms with Crippen molar-refractivity contribution in [2.75, 3.05) is 9.80 Å². The van der Waals surface area contributed by atoms with E-state index in [9.17, 15) is 0 Å². The van der Waals surface area contributed by atoms with Crippen molar-refractivity contribution in [2.24, 2.45) is 0 Å². The number of hydrogen-bond acceptors (Lipinski definition) is 3. The topological polar surface area (TPSA) is 33.5 Å². The SMILES string of the molecule is [Au].c1ccc(N2[CH-]N(c3ccccc3)c3ccccc32)cc1.c1ccc2c(c1)[n-]c1cccnc12. The number of nitrogens with zero attached hydrogens (tertiary/aromatic N) is 4. The van der Waals surface area contributed by atoms with Gasteiger partial charge >= 0.3 is 0 Å². The van der Waals surface area contributed by atoms with Crippen LogP contribution in [-0.2, 0) is 22.4 Å². The van der Waals surface area contributed by atoms with Crippen molar-refractivity contribution >= 4 is 44.7 Å². The van der Waals surface area contributed by atoms with Gasteiger partial charge < -0.3 is 14.8 Å². The van der Waals surface area contributed by atoms with E-state index in [2.05, 4.69) is 105 Å². The fourth-order valence-electron chi connectivity index (χ4n) is 4.30. The minimum Gasteiger partial charge on any atom is -0.656 e. The number of benzene rings is 4. The molecular weight excluding hydrogens is 613 g/mol. The van der Waals surface area contributed by atoms with E-state index >= 15 is 0 Å². The predicted molar refractivity (Wildman–Crippen MR) is 140 cm³/mol. The second-order valence-electron chi connectivity index (χ2n) is 8.02. The first-order valence-electron chi connectivity index (χ1n) is 11.3. The molecular formula is C30H22AuN4-2. The van der Waals surface area contributed by atoms with Gasteiger partial charge in [-0.15, -0.1) is 17.7 Å². The number of aromatic nitrogens is 2. The van der Waals surface area contributed by atoms with Crippen molar-refractivity contribution in [1.82, 2.24) is 9.97 Å². The van der Waals surface area contributed by atoms with Gasteiger partial charge in [0.15, 0.2) is 0 Å². The van der Waals surface area contributed by atoms with Gasteiger partial charge in [-0.3, -0.25) is 4.98 Å². The van der Waals surface area contributed by atoms with Crippen LogP contribution in [0.1, 0.15) is 0 Å². The summed E-state index contributed by atoms with van der Waals surface area (Å²) >= 11 is 0. The molecule has 0 fully saturated rings. The molecule has 0 bridgehead atoms. The third kappa shape index (κ3) is 4.47. The molecule has 5 heteroatoms. The van der Waals surface area contributed by atoms with Gasteiger partial charge in [0.2, 0.25) is 0 Å². The zero-order chi connectivity index (χ0) is 22.7. The largest absolute Gasteiger partial charge is 0.656 e. The van der Waals surface area contributed by atoms with Crippen molar-refractivity contribution in [3.63, 3.8) is 0 Å². The fraction of sp³-hybridized carbons (Fsp3) is 0. The molecule has 0 aliphatic carbocycles. The van der Waals surface area contributed by atoms with E-state index in [0.717, 1.165) is 21.9 Å². The summed E-state index contributed by atoms with van der Waals surface area (Å²) in [5.74, 6) is 0. The Bertz CT molecular complexity index is 1430. The van der Waals surface area contributed by atoms with Crippen LogP contribution >= 0.6 is 0 Å². The summed E-state index contributed by atoms with van der Waals surface area (Å²) in [5, 5.41) is 1.14. The van der Waals surface area contributed by atoms with Gasteiger partial charge in [-0.1, -0.05) is 78.9 Å². The third-order valence-electron chi connectivity index (χ3n) is 5.89. The zero-order valence-corrected chi connectivity index (χ0v) is 21.0. The van der Waals surface area contributed by atoms with E-state index in [4.69, 9.17) is 0 Å². The van der Waals surface area contributed by atoms with Crippen LogP contribution in [0.15, 0.2) is 128 Å². The molecule has 4 aromatic carbocycles. The monoisotopic (exact) mass is 635 g/mol. The van der Waals surface area contributed by atoms with Crippen LogP contribution < -0.4 is 14.8 Å². The Balaban J connectivity index is 0.000000156. The fourth-order valence-corrected chi connectivity index (χ4v) is 4.30. The Morgan fingerprint density at radius 3 is 1.69 bits per heavy atom. The van der Waals surface area contributed by atoms with Gasteiger partial charge in [-0.2, -0.15) is 0 Å². The van der Waals surface area contributed by atoms with Gasteiger partial charge in [0, 0.05) is 51.3 Å². The standard InChI is InChI=1S/C19H15N2.C11H7N2.Au/c1-3-9-16(10-4-1)20-15-21(17-11-5-2-6-12-17)19-14-8-7-13-18(19)20;1-2-5-9-8(4-1)11-10(13-9)6-3-7-12-11;/h1-15H;1-7H;/q2*-1;. The van der Waals surface area contributed by atoms with E-state index in [1.54, 1.807) is 6.20 Å². The Morgan fingerprint density at radius 1 is 0.543 bits per heavy atom. The van der Waals surface area contributed by atoms with Crippen LogP contribution in [0.25, 0.3) is 21.9 Å². The molecule has 1 aliphatic heterocycles. The van der Waals surface area contributed by atoms with E-state index in [-0.39, 0.29) is 22.4 Å². The summed E-state index contributed by atoms with van der Waals surface area (Å²) in [6.45, 7) is 2.15. The van der Waals surface area contributed by atoms with Gasteiger partial charge in [0.1, 0.15) is 0 Å². The van der Waals surface area contributed by atoms with E-state index < -0.39 is 0 Å². The van der Waals surface area contributed by atoms with Crippen LogP contribution in [0, 0.1) is 6.67 Å². The summed E-state index contributed by atoms with van der Waals surface area (Å²) in [4.78, 5) is 13.2. The normalized spacial score (nSPS) is 12.1. The maximum atomic E-state index is 4.45. The Morgan fingerprint density at radius 2 is 1.06 bits per heavy atom. The molecule has 1 aliphatic rings. The van der Waals surface area contributed by atoms with Gasteiger partial charge in [-0.05, 0) is 47.9 Å². The molecule has 35 heavy (non-hydrogen) atoms. The molecule has 175 valence electrons. The maximum absolute atomic E-state index is 4.45. The first-order valence-corrected chi connectivity index (χ1v) is 11.3. The van der Waals surface area contributed by atoms with E-state index in [1.165, 1.54) is 22.7 Å². The van der Waals surface area contributed by atoms with Gasteiger partial charge in [0.25, 0.3) is 0 Å². The third-order valence-corrected chi connectivity index (χ3v) is 5.89. The molecule has 0 saturated heterocycles. The summed E-state index contributed by atoms with van der Waals surface area (Å²) in [5.41, 5.74) is 7.74. The summed E-state index contributed by atoms with van der Waals surface area (Å²) in [6, 6.07) is 41.3. The smallest absolute Gasteiger partial charge is 0.0543 e. The van der Waals surface area contributed by atoms with E-state index in [0.29, 0.717) is 0 Å². The van der Waals surface area contributed by atoms with Crippen LogP contribution in [0.2, 0.25) is 0 Å². The molecule has 7 rings (SSSR count). The number of rotatable bonds is 2. The van der Waals surface area contributed by atoms with Crippen LogP contribution in [-0.4, -0.2) is 4.98 Å². The number of pyridine rings is 1. The quantitative estimate of drug-likeness (QED) is 0.146. The van der Waals surface area contributed by atoms with Crippen LogP contribution in [0.5, 0.6) is 0 Å². The Hall–Kier alpha value is -3.83. The molecule has 1 radical (unpaired) electrons. The maximum Gasteiger partial charge on any atom is 0.0543 e. The minimum atomic E-state index is 0. The summed E-state index contributed by atoms with van der Waals surface area (Å²) in [7, 11) is 0. The second kappa shape index (κ2) is 10.2. The van der Waals surface area contributed by atoms with Crippen molar-refractivity contribution in [1.29, 1.82) is 0 Å². The Labute approximate surface area is 220 Å². The molecule has 6 aromatic rings.